The molecule has 1 amide bonds. The van der Waals surface area contributed by atoms with E-state index in [4.69, 9.17) is 4.42 Å². The first-order valence-corrected chi connectivity index (χ1v) is 10.1. The molecule has 0 unspecified atom stereocenters. The zero-order valence-corrected chi connectivity index (χ0v) is 15.5. The number of carbonyl (C=O) groups is 1. The summed E-state index contributed by atoms with van der Waals surface area (Å²) < 4.78 is 28.6. The Morgan fingerprint density at radius 1 is 1.28 bits per heavy atom. The summed E-state index contributed by atoms with van der Waals surface area (Å²) in [5.74, 6) is 0.709. The number of carbonyl (C=O) groups excluding carboxylic acids is 1. The Bertz CT molecular complexity index is 882. The summed E-state index contributed by atoms with van der Waals surface area (Å²) in [6.07, 6.45) is 0. The van der Waals surface area contributed by atoms with E-state index >= 15 is 0 Å². The minimum Gasteiger partial charge on any atom is -0.440 e. The van der Waals surface area contributed by atoms with E-state index in [2.05, 4.69) is 10.3 Å². The van der Waals surface area contributed by atoms with E-state index < -0.39 is 9.84 Å². The van der Waals surface area contributed by atoms with Gasteiger partial charge in [0.1, 0.15) is 5.52 Å². The van der Waals surface area contributed by atoms with Crippen LogP contribution in [-0.2, 0) is 20.0 Å². The largest absolute Gasteiger partial charge is 0.440 e. The maximum Gasteiger partial charge on any atom is 0.238 e. The Hall–Kier alpha value is -1.93. The Kier molecular flexibility index (Phi) is 4.59. The lowest BCUT2D eigenvalue weighted by molar-refractivity contribution is -0.117. The second-order valence-corrected chi connectivity index (χ2v) is 9.73. The monoisotopic (exact) mass is 365 g/mol. The molecular weight excluding hydrogens is 342 g/mol. The van der Waals surface area contributed by atoms with Crippen molar-refractivity contribution in [3.63, 3.8) is 0 Å². The van der Waals surface area contributed by atoms with E-state index in [1.54, 1.807) is 18.2 Å². The molecule has 1 aromatic heterocycles. The molecule has 3 rings (SSSR count). The molecule has 8 heteroatoms. The van der Waals surface area contributed by atoms with E-state index in [9.17, 15) is 13.2 Å². The standard InChI is InChI=1S/C17H23N3O4S/c1-17(2,3)16-19-13-10-12(4-5-14(13)24-16)18-15(21)11-20-6-8-25(22,23)9-7-20/h4-5,10H,6-9,11H2,1-3H3,(H,18,21). The van der Waals surface area contributed by atoms with Gasteiger partial charge in [0, 0.05) is 24.2 Å². The number of nitrogens with zero attached hydrogens (tertiary/aromatic N) is 2. The maximum absolute atomic E-state index is 12.2. The normalized spacial score (nSPS) is 18.4. The fourth-order valence-corrected chi connectivity index (χ4v) is 3.91. The molecule has 1 saturated heterocycles. The summed E-state index contributed by atoms with van der Waals surface area (Å²) in [5, 5.41) is 2.84. The molecule has 0 spiro atoms. The van der Waals surface area contributed by atoms with Crippen molar-refractivity contribution in [3.05, 3.63) is 24.1 Å². The molecule has 1 aliphatic rings. The average molecular weight is 365 g/mol. The van der Waals surface area contributed by atoms with E-state index in [1.807, 2.05) is 25.7 Å². The molecule has 136 valence electrons. The number of benzene rings is 1. The van der Waals surface area contributed by atoms with Gasteiger partial charge in [-0.2, -0.15) is 0 Å². The van der Waals surface area contributed by atoms with Crippen LogP contribution in [0.3, 0.4) is 0 Å². The number of rotatable bonds is 3. The molecule has 1 aliphatic heterocycles. The van der Waals surface area contributed by atoms with E-state index in [-0.39, 0.29) is 29.4 Å². The van der Waals surface area contributed by atoms with Crippen LogP contribution in [0, 0.1) is 0 Å². The van der Waals surface area contributed by atoms with Crippen LogP contribution < -0.4 is 5.32 Å². The number of sulfone groups is 1. The highest BCUT2D eigenvalue weighted by Gasteiger charge is 2.23. The number of hydrogen-bond donors (Lipinski definition) is 1. The molecule has 0 atom stereocenters. The molecule has 25 heavy (non-hydrogen) atoms. The molecule has 0 bridgehead atoms. The highest BCUT2D eigenvalue weighted by atomic mass is 32.2. The first-order valence-electron chi connectivity index (χ1n) is 8.26. The zero-order chi connectivity index (χ0) is 18.2. The van der Waals surface area contributed by atoms with E-state index in [0.29, 0.717) is 35.8 Å². The van der Waals surface area contributed by atoms with Crippen molar-refractivity contribution >= 4 is 32.5 Å². The lowest BCUT2D eigenvalue weighted by Gasteiger charge is -2.25. The SMILES string of the molecule is CC(C)(C)c1nc2cc(NC(=O)CN3CCS(=O)(=O)CC3)ccc2o1. The summed E-state index contributed by atoms with van der Waals surface area (Å²) >= 11 is 0. The second kappa shape index (κ2) is 6.42. The predicted octanol–water partition coefficient (Wildman–Crippen LogP) is 1.79. The lowest BCUT2D eigenvalue weighted by atomic mass is 9.97. The Morgan fingerprint density at radius 2 is 1.96 bits per heavy atom. The van der Waals surface area contributed by atoms with Gasteiger partial charge in [0.2, 0.25) is 11.8 Å². The summed E-state index contributed by atoms with van der Waals surface area (Å²) in [6, 6.07) is 5.35. The molecule has 1 aromatic carbocycles. The summed E-state index contributed by atoms with van der Waals surface area (Å²) in [5.41, 5.74) is 1.85. The third-order valence-electron chi connectivity index (χ3n) is 4.12. The summed E-state index contributed by atoms with van der Waals surface area (Å²) in [4.78, 5) is 18.5. The van der Waals surface area contributed by atoms with Gasteiger partial charge >= 0.3 is 0 Å². The third kappa shape index (κ3) is 4.38. The van der Waals surface area contributed by atoms with Crippen LogP contribution in [0.4, 0.5) is 5.69 Å². The second-order valence-electron chi connectivity index (χ2n) is 7.43. The molecule has 1 fully saturated rings. The van der Waals surface area contributed by atoms with Crippen molar-refractivity contribution < 1.29 is 17.6 Å². The molecule has 0 radical (unpaired) electrons. The van der Waals surface area contributed by atoms with Crippen molar-refractivity contribution in [2.75, 3.05) is 36.5 Å². The Balaban J connectivity index is 1.65. The van der Waals surface area contributed by atoms with Crippen LogP contribution in [0.2, 0.25) is 0 Å². The van der Waals surface area contributed by atoms with Crippen molar-refractivity contribution in [1.29, 1.82) is 0 Å². The number of fused-ring (bicyclic) bond motifs is 1. The fraction of sp³-hybridized carbons (Fsp3) is 0.529. The third-order valence-corrected chi connectivity index (χ3v) is 5.73. The predicted molar refractivity (Wildman–Crippen MR) is 96.4 cm³/mol. The highest BCUT2D eigenvalue weighted by Crippen LogP contribution is 2.27. The minimum atomic E-state index is -2.94. The average Bonchev–Trinajstić information content (AvgIpc) is 2.93. The Labute approximate surface area is 147 Å². The van der Waals surface area contributed by atoms with Gasteiger partial charge in [-0.25, -0.2) is 13.4 Å². The van der Waals surface area contributed by atoms with Crippen molar-refractivity contribution in [2.45, 2.75) is 26.2 Å². The van der Waals surface area contributed by atoms with Crippen LogP contribution in [0.5, 0.6) is 0 Å². The number of amides is 1. The molecule has 1 N–H and O–H groups in total. The van der Waals surface area contributed by atoms with Crippen LogP contribution in [0.1, 0.15) is 26.7 Å². The molecule has 2 aromatic rings. The van der Waals surface area contributed by atoms with E-state index in [1.165, 1.54) is 0 Å². The van der Waals surface area contributed by atoms with E-state index in [0.717, 1.165) is 0 Å². The molecular formula is C17H23N3O4S. The maximum atomic E-state index is 12.2. The van der Waals surface area contributed by atoms with Gasteiger partial charge in [0.05, 0.1) is 18.1 Å². The van der Waals surface area contributed by atoms with Gasteiger partial charge in [-0.05, 0) is 18.2 Å². The molecule has 7 nitrogen and oxygen atoms in total. The van der Waals surface area contributed by atoms with Gasteiger partial charge in [-0.1, -0.05) is 20.8 Å². The number of anilines is 1. The first kappa shape index (κ1) is 17.9. The van der Waals surface area contributed by atoms with Crippen molar-refractivity contribution in [2.24, 2.45) is 0 Å². The fourth-order valence-electron chi connectivity index (χ4n) is 2.64. The van der Waals surface area contributed by atoms with Crippen LogP contribution in [0.25, 0.3) is 11.1 Å². The van der Waals surface area contributed by atoms with Crippen molar-refractivity contribution in [3.8, 4) is 0 Å². The number of hydrogen-bond acceptors (Lipinski definition) is 6. The van der Waals surface area contributed by atoms with Crippen LogP contribution in [-0.4, -0.2) is 55.3 Å². The van der Waals surface area contributed by atoms with Gasteiger partial charge in [0.15, 0.2) is 15.4 Å². The number of aromatic nitrogens is 1. The van der Waals surface area contributed by atoms with Crippen molar-refractivity contribution in [1.82, 2.24) is 9.88 Å². The van der Waals surface area contributed by atoms with Gasteiger partial charge < -0.3 is 9.73 Å². The number of nitrogens with one attached hydrogen (secondary N) is 1. The van der Waals surface area contributed by atoms with Gasteiger partial charge in [-0.15, -0.1) is 0 Å². The van der Waals surface area contributed by atoms with Gasteiger partial charge in [0.25, 0.3) is 0 Å². The quantitative estimate of drug-likeness (QED) is 0.891. The highest BCUT2D eigenvalue weighted by molar-refractivity contribution is 7.91. The van der Waals surface area contributed by atoms with Crippen LogP contribution >= 0.6 is 0 Å². The lowest BCUT2D eigenvalue weighted by Crippen LogP contribution is -2.43. The van der Waals surface area contributed by atoms with Gasteiger partial charge in [-0.3, -0.25) is 9.69 Å². The molecule has 0 aliphatic carbocycles. The Morgan fingerprint density at radius 3 is 2.60 bits per heavy atom. The minimum absolute atomic E-state index is 0.112. The molecule has 0 saturated carbocycles. The first-order chi connectivity index (χ1) is 11.6. The topological polar surface area (TPSA) is 92.5 Å². The summed E-state index contributed by atoms with van der Waals surface area (Å²) in [6.45, 7) is 7.05. The molecule has 2 heterocycles. The number of oxazole rings is 1. The summed E-state index contributed by atoms with van der Waals surface area (Å²) in [7, 11) is -2.94. The smallest absolute Gasteiger partial charge is 0.238 e. The zero-order valence-electron chi connectivity index (χ0n) is 14.7. The van der Waals surface area contributed by atoms with Crippen LogP contribution in [0.15, 0.2) is 22.6 Å².